The van der Waals surface area contributed by atoms with Gasteiger partial charge >= 0.3 is 17.1 Å². The molecule has 0 aliphatic carbocycles. The van der Waals surface area contributed by atoms with Crippen LogP contribution in [-0.2, 0) is 39.9 Å². The first kappa shape index (κ1) is 33.3. The summed E-state index contributed by atoms with van der Waals surface area (Å²) in [5.74, 6) is -2.01. The molecule has 2 N–H and O–H groups in total. The van der Waals surface area contributed by atoms with Crippen LogP contribution in [0.5, 0.6) is 0 Å². The van der Waals surface area contributed by atoms with Gasteiger partial charge in [-0.05, 0) is 24.3 Å². The number of aromatic nitrogens is 2. The van der Waals surface area contributed by atoms with Crippen molar-refractivity contribution in [3.8, 4) is 0 Å². The van der Waals surface area contributed by atoms with Crippen molar-refractivity contribution in [2.24, 2.45) is 10.8 Å². The Labute approximate surface area is 194 Å². The first-order valence-corrected chi connectivity index (χ1v) is 9.20. The number of carbonyl (C=O) groups is 2. The zero-order valence-electron chi connectivity index (χ0n) is 18.8. The number of carbonyl (C=O) groups excluding carboxylic acids is 2. The molecule has 1 radical (unpaired) electrons. The summed E-state index contributed by atoms with van der Waals surface area (Å²) in [6.45, 7) is 9.65. The van der Waals surface area contributed by atoms with Gasteiger partial charge in [0, 0.05) is 35.2 Å². The average molecular weight is 484 g/mol. The summed E-state index contributed by atoms with van der Waals surface area (Å²) in [6.07, 6.45) is 3.32. The minimum absolute atomic E-state index is 0. The molecule has 0 spiro atoms. The van der Waals surface area contributed by atoms with E-state index in [9.17, 15) is 19.8 Å². The van der Waals surface area contributed by atoms with Gasteiger partial charge in [0.25, 0.3) is 0 Å². The molecule has 0 bridgehead atoms. The third kappa shape index (κ3) is 20.7. The molecule has 9 heteroatoms. The van der Waals surface area contributed by atoms with E-state index in [0.717, 1.165) is 0 Å². The number of carboxylic acids is 2. The van der Waals surface area contributed by atoms with E-state index in [1.165, 1.54) is 0 Å². The van der Waals surface area contributed by atoms with Gasteiger partial charge in [-0.15, -0.1) is 0 Å². The van der Waals surface area contributed by atoms with Gasteiger partial charge in [-0.2, -0.15) is 0 Å². The van der Waals surface area contributed by atoms with Gasteiger partial charge in [0.1, 0.15) is 0 Å². The Morgan fingerprint density at radius 2 is 1.00 bits per heavy atom. The molecule has 2 aromatic heterocycles. The van der Waals surface area contributed by atoms with Crippen LogP contribution in [0, 0.1) is 10.8 Å². The Morgan fingerprint density at radius 1 is 0.742 bits per heavy atom. The summed E-state index contributed by atoms with van der Waals surface area (Å²) in [5, 5.41) is 36.8. The molecule has 0 saturated carbocycles. The van der Waals surface area contributed by atoms with Gasteiger partial charge in [0.05, 0.1) is 24.6 Å². The van der Waals surface area contributed by atoms with E-state index < -0.39 is 22.8 Å². The van der Waals surface area contributed by atoms with E-state index in [1.807, 2.05) is 24.3 Å². The molecule has 2 rings (SSSR count). The van der Waals surface area contributed by atoms with Crippen molar-refractivity contribution in [2.45, 2.75) is 54.8 Å². The predicted molar refractivity (Wildman–Crippen MR) is 109 cm³/mol. The SMILES string of the molecule is CC(C)(C)C(=O)[O-].CC(C)(C)C(=O)[O-].OCc1ccccn1.OCc1ccccn1.[Cu+2]. The molecular formula is C22H32CuN2O6. The number of rotatable bonds is 2. The van der Waals surface area contributed by atoms with Crippen molar-refractivity contribution in [3.63, 3.8) is 0 Å². The quantitative estimate of drug-likeness (QED) is 0.593. The number of carboxylic acid groups (broad SMARTS) is 2. The second-order valence-corrected chi connectivity index (χ2v) is 8.03. The normalized spacial score (nSPS) is 9.81. The Balaban J connectivity index is -0.000000335. The van der Waals surface area contributed by atoms with Crippen LogP contribution in [0.2, 0.25) is 0 Å². The molecular weight excluding hydrogens is 452 g/mol. The number of hydrogen-bond acceptors (Lipinski definition) is 8. The molecule has 0 atom stereocenters. The van der Waals surface area contributed by atoms with E-state index in [-0.39, 0.29) is 30.3 Å². The first-order chi connectivity index (χ1) is 13.8. The second-order valence-electron chi connectivity index (χ2n) is 8.03. The van der Waals surface area contributed by atoms with Crippen molar-refractivity contribution >= 4 is 11.9 Å². The predicted octanol–water partition coefficient (Wildman–Crippen LogP) is 0.710. The van der Waals surface area contributed by atoms with Crippen LogP contribution in [-0.4, -0.2) is 32.1 Å². The summed E-state index contributed by atoms with van der Waals surface area (Å²) in [4.78, 5) is 27.5. The van der Waals surface area contributed by atoms with Crippen molar-refractivity contribution in [3.05, 3.63) is 60.2 Å². The van der Waals surface area contributed by atoms with Gasteiger partial charge in [0.2, 0.25) is 0 Å². The van der Waals surface area contributed by atoms with E-state index in [0.29, 0.717) is 11.4 Å². The topological polar surface area (TPSA) is 146 Å². The van der Waals surface area contributed by atoms with Crippen LogP contribution >= 0.6 is 0 Å². The van der Waals surface area contributed by atoms with Gasteiger partial charge in [-0.1, -0.05) is 53.7 Å². The fraction of sp³-hybridized carbons (Fsp3) is 0.455. The van der Waals surface area contributed by atoms with Gasteiger partial charge in [-0.25, -0.2) is 0 Å². The van der Waals surface area contributed by atoms with Crippen LogP contribution in [0.15, 0.2) is 48.8 Å². The molecule has 2 heterocycles. The summed E-state index contributed by atoms with van der Waals surface area (Å²) in [7, 11) is 0. The molecule has 0 saturated heterocycles. The monoisotopic (exact) mass is 483 g/mol. The van der Waals surface area contributed by atoms with E-state index in [1.54, 1.807) is 66.1 Å². The number of pyridine rings is 2. The summed E-state index contributed by atoms with van der Waals surface area (Å²) in [5.41, 5.74) is 0.0417. The minimum atomic E-state index is -1.01. The Morgan fingerprint density at radius 3 is 1.10 bits per heavy atom. The first-order valence-electron chi connectivity index (χ1n) is 9.20. The van der Waals surface area contributed by atoms with Crippen molar-refractivity contribution < 1.29 is 47.1 Å². The third-order valence-corrected chi connectivity index (χ3v) is 3.00. The van der Waals surface area contributed by atoms with Gasteiger partial charge in [0.15, 0.2) is 0 Å². The maximum absolute atomic E-state index is 9.91. The number of aliphatic hydroxyl groups excluding tert-OH is 2. The molecule has 2 aromatic rings. The van der Waals surface area contributed by atoms with E-state index in [2.05, 4.69) is 9.97 Å². The number of nitrogens with zero attached hydrogens (tertiary/aromatic N) is 2. The molecule has 31 heavy (non-hydrogen) atoms. The molecule has 8 nitrogen and oxygen atoms in total. The maximum atomic E-state index is 9.91. The fourth-order valence-electron chi connectivity index (χ4n) is 0.983. The zero-order chi connectivity index (χ0) is 23.8. The molecule has 177 valence electrons. The van der Waals surface area contributed by atoms with Crippen molar-refractivity contribution in [1.82, 2.24) is 9.97 Å². The molecule has 0 fully saturated rings. The molecule has 0 aliphatic rings. The fourth-order valence-corrected chi connectivity index (χ4v) is 0.983. The summed E-state index contributed by atoms with van der Waals surface area (Å²) >= 11 is 0. The van der Waals surface area contributed by atoms with Crippen LogP contribution in [0.25, 0.3) is 0 Å². The average Bonchev–Trinajstić information content (AvgIpc) is 2.69. The van der Waals surface area contributed by atoms with Crippen LogP contribution in [0.3, 0.4) is 0 Å². The maximum Gasteiger partial charge on any atom is 2.00 e. The molecule has 0 unspecified atom stereocenters. The Hall–Kier alpha value is -2.32. The van der Waals surface area contributed by atoms with Crippen LogP contribution in [0.4, 0.5) is 0 Å². The van der Waals surface area contributed by atoms with Gasteiger partial charge < -0.3 is 30.0 Å². The largest absolute Gasteiger partial charge is 2.00 e. The molecule has 0 aromatic carbocycles. The Kier molecular flexibility index (Phi) is 18.7. The van der Waals surface area contributed by atoms with Crippen molar-refractivity contribution in [1.29, 1.82) is 0 Å². The van der Waals surface area contributed by atoms with E-state index in [4.69, 9.17) is 10.2 Å². The van der Waals surface area contributed by atoms with Gasteiger partial charge in [-0.3, -0.25) is 9.97 Å². The molecule has 0 amide bonds. The summed E-state index contributed by atoms with van der Waals surface area (Å²) < 4.78 is 0. The zero-order valence-corrected chi connectivity index (χ0v) is 19.7. The van der Waals surface area contributed by atoms with Crippen LogP contribution in [0.1, 0.15) is 52.9 Å². The third-order valence-electron chi connectivity index (χ3n) is 3.00. The van der Waals surface area contributed by atoms with Crippen molar-refractivity contribution in [2.75, 3.05) is 0 Å². The summed E-state index contributed by atoms with van der Waals surface area (Å²) in [6, 6.07) is 10.9. The number of aliphatic hydroxyl groups is 2. The molecule has 0 aliphatic heterocycles. The van der Waals surface area contributed by atoms with E-state index >= 15 is 0 Å². The second kappa shape index (κ2) is 17.4. The smallest absolute Gasteiger partial charge is 0.550 e. The number of aliphatic carboxylic acids is 2. The van der Waals surface area contributed by atoms with Crippen LogP contribution < -0.4 is 10.2 Å². The standard InChI is InChI=1S/2C6H7NO.2C5H10O2.Cu/c2*8-5-6-3-1-2-4-7-6;2*1-5(2,3)4(6)7;/h2*1-4,8H,5H2;2*1-3H3,(H,6,7);/q;;;;+2/p-2. The number of hydrogen-bond donors (Lipinski definition) is 2. The Bertz CT molecular complexity index is 651. The minimum Gasteiger partial charge on any atom is -0.550 e.